The van der Waals surface area contributed by atoms with E-state index in [-0.39, 0.29) is 10.3 Å². The molecule has 0 saturated carbocycles. The lowest BCUT2D eigenvalue weighted by Crippen LogP contribution is -2.47. The molecule has 0 heterocycles. The molecule has 1 rings (SSSR count). The van der Waals surface area contributed by atoms with Gasteiger partial charge in [0.05, 0.1) is 6.54 Å². The number of halogens is 3. The maximum atomic E-state index is 13.3. The Morgan fingerprint density at radius 2 is 1.73 bits per heavy atom. The van der Waals surface area contributed by atoms with Crippen LogP contribution < -0.4 is 0 Å². The van der Waals surface area contributed by atoms with Crippen molar-refractivity contribution in [1.82, 2.24) is 4.90 Å². The minimum atomic E-state index is -4.92. The minimum Gasteiger partial charge on any atom is -0.297 e. The van der Waals surface area contributed by atoms with Gasteiger partial charge in [0.2, 0.25) is 0 Å². The number of alkyl halides is 3. The molecule has 1 aliphatic carbocycles. The largest absolute Gasteiger partial charge is 0.487 e. The van der Waals surface area contributed by atoms with Gasteiger partial charge in [0.15, 0.2) is 5.78 Å². The standard InChI is InChI=1S/C27H40F3NO2/c1-19(14-15-22-21(3)13-10-16-26(22,7)8)11-9-12-20(2)17-24(33)31(27(28,29)30)18-23(32)25(4,5)6/h9,11-12,17H,10,13-16,18H2,1-8H3/b12-9+,19-11-,20-17+. The number of ketones is 1. The van der Waals surface area contributed by atoms with E-state index in [1.165, 1.54) is 50.3 Å². The number of allylic oxidation sites excluding steroid dienone is 7. The molecule has 0 spiro atoms. The molecule has 0 N–H and O–H groups in total. The van der Waals surface area contributed by atoms with E-state index in [1.807, 2.05) is 13.0 Å². The highest BCUT2D eigenvalue weighted by atomic mass is 19.4. The zero-order valence-electron chi connectivity index (χ0n) is 21.4. The fraction of sp³-hybridized carbons (Fsp3) is 0.630. The number of Topliss-reactive ketones (excluding diaryl/α,β-unsaturated/α-hetero) is 1. The molecule has 1 aliphatic rings. The SMILES string of the molecule is CC1=C(CC\C(C)=C/C=C/C(C)=C/C(=O)N(CC(=O)C(C)(C)C)C(F)(F)F)C(C)(C)CCC1. The summed E-state index contributed by atoms with van der Waals surface area (Å²) in [5.41, 5.74) is 3.84. The summed E-state index contributed by atoms with van der Waals surface area (Å²) in [5.74, 6) is -1.90. The van der Waals surface area contributed by atoms with Gasteiger partial charge in [-0.3, -0.25) is 9.59 Å². The van der Waals surface area contributed by atoms with Crippen molar-refractivity contribution in [2.75, 3.05) is 6.54 Å². The molecule has 0 aliphatic heterocycles. The zero-order valence-corrected chi connectivity index (χ0v) is 21.4. The molecule has 0 aromatic heterocycles. The van der Waals surface area contributed by atoms with Crippen LogP contribution in [0.4, 0.5) is 13.2 Å². The molecule has 6 heteroatoms. The Balaban J connectivity index is 2.82. The number of rotatable bonds is 8. The summed E-state index contributed by atoms with van der Waals surface area (Å²) in [4.78, 5) is 24.0. The van der Waals surface area contributed by atoms with Crippen molar-refractivity contribution in [3.05, 3.63) is 46.6 Å². The van der Waals surface area contributed by atoms with Crippen molar-refractivity contribution >= 4 is 11.7 Å². The second-order valence-corrected chi connectivity index (χ2v) is 10.8. The molecular formula is C27H40F3NO2. The molecule has 0 saturated heterocycles. The third kappa shape index (κ3) is 9.34. The number of hydrogen-bond donors (Lipinski definition) is 0. The summed E-state index contributed by atoms with van der Waals surface area (Å²) in [6, 6.07) is 0. The first-order chi connectivity index (χ1) is 14.9. The third-order valence-electron chi connectivity index (χ3n) is 6.26. The van der Waals surface area contributed by atoms with E-state index >= 15 is 0 Å². The summed E-state index contributed by atoms with van der Waals surface area (Å²) >= 11 is 0. The van der Waals surface area contributed by atoms with Crippen LogP contribution in [0.3, 0.4) is 0 Å². The Labute approximate surface area is 197 Å². The van der Waals surface area contributed by atoms with Gasteiger partial charge in [0, 0.05) is 11.5 Å². The lowest BCUT2D eigenvalue weighted by molar-refractivity contribution is -0.237. The van der Waals surface area contributed by atoms with E-state index in [0.29, 0.717) is 5.57 Å². The molecule has 0 fully saturated rings. The van der Waals surface area contributed by atoms with E-state index in [9.17, 15) is 22.8 Å². The third-order valence-corrected chi connectivity index (χ3v) is 6.26. The van der Waals surface area contributed by atoms with E-state index < -0.39 is 30.0 Å². The van der Waals surface area contributed by atoms with Crippen LogP contribution in [0.1, 0.15) is 87.5 Å². The molecule has 0 aromatic rings. The van der Waals surface area contributed by atoms with Crippen LogP contribution in [-0.4, -0.2) is 29.4 Å². The molecule has 1 amide bonds. The van der Waals surface area contributed by atoms with Crippen LogP contribution in [0.5, 0.6) is 0 Å². The first kappa shape index (κ1) is 28.9. The highest BCUT2D eigenvalue weighted by molar-refractivity contribution is 5.94. The number of carbonyl (C=O) groups excluding carboxylic acids is 2. The van der Waals surface area contributed by atoms with Crippen LogP contribution >= 0.6 is 0 Å². The predicted octanol–water partition coefficient (Wildman–Crippen LogP) is 7.71. The first-order valence-corrected chi connectivity index (χ1v) is 11.6. The quantitative estimate of drug-likeness (QED) is 0.159. The second-order valence-electron chi connectivity index (χ2n) is 10.8. The average Bonchev–Trinajstić information content (AvgIpc) is 2.62. The van der Waals surface area contributed by atoms with Gasteiger partial charge < -0.3 is 0 Å². The first-order valence-electron chi connectivity index (χ1n) is 11.6. The summed E-state index contributed by atoms with van der Waals surface area (Å²) in [7, 11) is 0. The molecule has 0 atom stereocenters. The molecule has 0 aromatic carbocycles. The number of hydrogen-bond acceptors (Lipinski definition) is 2. The Kier molecular flexibility index (Phi) is 9.94. The lowest BCUT2D eigenvalue weighted by atomic mass is 9.71. The van der Waals surface area contributed by atoms with Gasteiger partial charge in [-0.15, -0.1) is 13.2 Å². The lowest BCUT2D eigenvalue weighted by Gasteiger charge is -2.34. The van der Waals surface area contributed by atoms with Crippen LogP contribution in [0.25, 0.3) is 0 Å². The highest BCUT2D eigenvalue weighted by Crippen LogP contribution is 2.42. The van der Waals surface area contributed by atoms with Gasteiger partial charge >= 0.3 is 6.30 Å². The molecule has 0 radical (unpaired) electrons. The van der Waals surface area contributed by atoms with Crippen LogP contribution in [0.15, 0.2) is 46.6 Å². The number of carbonyl (C=O) groups is 2. The highest BCUT2D eigenvalue weighted by Gasteiger charge is 2.42. The summed E-state index contributed by atoms with van der Waals surface area (Å²) in [6.45, 7) is 14.0. The van der Waals surface area contributed by atoms with E-state index in [2.05, 4.69) is 20.8 Å². The second kappa shape index (κ2) is 11.3. The Morgan fingerprint density at radius 1 is 1.12 bits per heavy atom. The summed E-state index contributed by atoms with van der Waals surface area (Å²) in [5, 5.41) is 0. The smallest absolute Gasteiger partial charge is 0.297 e. The van der Waals surface area contributed by atoms with Gasteiger partial charge in [-0.25, -0.2) is 4.90 Å². The van der Waals surface area contributed by atoms with Crippen LogP contribution in [0.2, 0.25) is 0 Å². The summed E-state index contributed by atoms with van der Waals surface area (Å²) in [6.07, 6.45) is 6.81. The normalized spacial score (nSPS) is 18.2. The van der Waals surface area contributed by atoms with E-state index in [0.717, 1.165) is 25.3 Å². The van der Waals surface area contributed by atoms with Crippen molar-refractivity contribution in [3.8, 4) is 0 Å². The van der Waals surface area contributed by atoms with E-state index in [1.54, 1.807) is 19.1 Å². The van der Waals surface area contributed by atoms with Gasteiger partial charge in [0.1, 0.15) is 0 Å². The van der Waals surface area contributed by atoms with Gasteiger partial charge in [0.25, 0.3) is 5.91 Å². The topological polar surface area (TPSA) is 37.4 Å². The molecular weight excluding hydrogens is 427 g/mol. The summed E-state index contributed by atoms with van der Waals surface area (Å²) < 4.78 is 40.0. The van der Waals surface area contributed by atoms with Gasteiger partial charge in [-0.05, 0) is 63.9 Å². The maximum absolute atomic E-state index is 13.3. The molecule has 0 bridgehead atoms. The molecule has 3 nitrogen and oxygen atoms in total. The van der Waals surface area contributed by atoms with Crippen molar-refractivity contribution < 1.29 is 22.8 Å². The molecule has 33 heavy (non-hydrogen) atoms. The average molecular weight is 468 g/mol. The van der Waals surface area contributed by atoms with Gasteiger partial charge in [-0.1, -0.05) is 69.6 Å². The van der Waals surface area contributed by atoms with Crippen molar-refractivity contribution in [1.29, 1.82) is 0 Å². The van der Waals surface area contributed by atoms with Crippen molar-refractivity contribution in [2.24, 2.45) is 10.8 Å². The fourth-order valence-corrected chi connectivity index (χ4v) is 3.99. The Morgan fingerprint density at radius 3 is 2.24 bits per heavy atom. The zero-order chi connectivity index (χ0) is 25.6. The van der Waals surface area contributed by atoms with Crippen LogP contribution in [-0.2, 0) is 9.59 Å². The van der Waals surface area contributed by atoms with E-state index in [4.69, 9.17) is 0 Å². The Bertz CT molecular complexity index is 850. The minimum absolute atomic E-state index is 0.233. The Hall–Kier alpha value is -2.11. The monoisotopic (exact) mass is 467 g/mol. The predicted molar refractivity (Wildman–Crippen MR) is 128 cm³/mol. The molecule has 186 valence electrons. The van der Waals surface area contributed by atoms with Gasteiger partial charge in [-0.2, -0.15) is 0 Å². The van der Waals surface area contributed by atoms with Crippen molar-refractivity contribution in [2.45, 2.75) is 93.8 Å². The van der Waals surface area contributed by atoms with Crippen molar-refractivity contribution in [3.63, 3.8) is 0 Å². The maximum Gasteiger partial charge on any atom is 0.487 e. The number of amides is 1. The number of nitrogens with zero attached hydrogens (tertiary/aromatic N) is 1. The fourth-order valence-electron chi connectivity index (χ4n) is 3.99. The van der Waals surface area contributed by atoms with Crippen LogP contribution in [0, 0.1) is 10.8 Å². The molecule has 0 unspecified atom stereocenters.